The van der Waals surface area contributed by atoms with Gasteiger partial charge in [-0.2, -0.15) is 0 Å². The first kappa shape index (κ1) is 19.9. The fourth-order valence-corrected chi connectivity index (χ4v) is 5.74. The van der Waals surface area contributed by atoms with E-state index in [1.54, 1.807) is 23.5 Å². The molecule has 0 radical (unpaired) electrons. The third kappa shape index (κ3) is 5.19. The molecule has 2 fully saturated rings. The van der Waals surface area contributed by atoms with Crippen molar-refractivity contribution in [2.24, 2.45) is 0 Å². The van der Waals surface area contributed by atoms with Crippen LogP contribution >= 0.6 is 64.9 Å². The Hall–Kier alpha value is 0.880. The van der Waals surface area contributed by atoms with E-state index >= 15 is 0 Å². The summed E-state index contributed by atoms with van der Waals surface area (Å²) >= 11 is 14.4. The molecule has 0 aromatic heterocycles. The van der Waals surface area contributed by atoms with Gasteiger partial charge in [0, 0.05) is 13.1 Å². The molecule has 4 unspecified atom stereocenters. The summed E-state index contributed by atoms with van der Waals surface area (Å²) in [6, 6.07) is 0. The van der Waals surface area contributed by atoms with Crippen LogP contribution in [0.2, 0.25) is 0 Å². The van der Waals surface area contributed by atoms with E-state index in [0.29, 0.717) is 10.7 Å². The van der Waals surface area contributed by atoms with Gasteiger partial charge in [0.1, 0.15) is 8.64 Å². The Balaban J connectivity index is 0.00000220. The first-order valence-electron chi connectivity index (χ1n) is 6.85. The van der Waals surface area contributed by atoms with E-state index in [1.165, 1.54) is 0 Å². The molecule has 2 rings (SSSR count). The molecule has 2 saturated heterocycles. The van der Waals surface area contributed by atoms with Gasteiger partial charge in [0.15, 0.2) is 0 Å². The molecule has 0 amide bonds. The zero-order valence-corrected chi connectivity index (χ0v) is 17.6. The number of hydrogen-bond donors (Lipinski definition) is 2. The van der Waals surface area contributed by atoms with Crippen molar-refractivity contribution < 1.29 is 0 Å². The number of thioether (sulfide) groups is 2. The summed E-state index contributed by atoms with van der Waals surface area (Å²) in [4.78, 5) is 4.50. The van der Waals surface area contributed by atoms with Crippen molar-refractivity contribution in [3.63, 3.8) is 0 Å². The van der Waals surface area contributed by atoms with Crippen molar-refractivity contribution in [1.82, 2.24) is 20.4 Å². The Bertz CT molecular complexity index is 361. The molecule has 4 nitrogen and oxygen atoms in total. The van der Waals surface area contributed by atoms with Crippen molar-refractivity contribution in [2.45, 2.75) is 50.8 Å². The third-order valence-corrected chi connectivity index (χ3v) is 6.39. The molecule has 0 bridgehead atoms. The van der Waals surface area contributed by atoms with Crippen LogP contribution in [0.1, 0.15) is 27.7 Å². The fourth-order valence-electron chi connectivity index (χ4n) is 2.47. The molecule has 0 aromatic rings. The minimum Gasteiger partial charge on any atom is -0.340 e. The van der Waals surface area contributed by atoms with Gasteiger partial charge in [-0.1, -0.05) is 48.0 Å². The van der Waals surface area contributed by atoms with Gasteiger partial charge in [-0.15, -0.1) is 17.0 Å². The SMILES string of the molecule is Br.CC1NC(C)N(CCN2C(=S)SC(C)NC2C)C(=S)S1. The first-order valence-corrected chi connectivity index (χ1v) is 9.42. The lowest BCUT2D eigenvalue weighted by molar-refractivity contribution is 0.223. The van der Waals surface area contributed by atoms with Crippen molar-refractivity contribution in [3.8, 4) is 0 Å². The average molecular weight is 432 g/mol. The molecule has 0 saturated carbocycles. The summed E-state index contributed by atoms with van der Waals surface area (Å²) < 4.78 is 1.96. The Morgan fingerprint density at radius 1 is 0.857 bits per heavy atom. The smallest absolute Gasteiger partial charge is 0.139 e. The summed E-state index contributed by atoms with van der Waals surface area (Å²) in [5.74, 6) is 0. The highest BCUT2D eigenvalue weighted by atomic mass is 79.9. The summed E-state index contributed by atoms with van der Waals surface area (Å²) in [7, 11) is 0. The third-order valence-electron chi connectivity index (χ3n) is 3.49. The van der Waals surface area contributed by atoms with Gasteiger partial charge in [0.2, 0.25) is 0 Å². The van der Waals surface area contributed by atoms with E-state index in [2.05, 4.69) is 48.1 Å². The highest BCUT2D eigenvalue weighted by Gasteiger charge is 2.29. The fraction of sp³-hybridized carbons (Fsp3) is 0.833. The highest BCUT2D eigenvalue weighted by molar-refractivity contribution is 8.93. The topological polar surface area (TPSA) is 30.5 Å². The Labute approximate surface area is 157 Å². The van der Waals surface area contributed by atoms with Crippen LogP contribution in [-0.4, -0.2) is 54.6 Å². The zero-order valence-electron chi connectivity index (χ0n) is 12.7. The Kier molecular flexibility index (Phi) is 8.21. The van der Waals surface area contributed by atoms with E-state index in [-0.39, 0.29) is 29.3 Å². The number of thiocarbonyl (C=S) groups is 2. The molecular weight excluding hydrogens is 408 g/mol. The molecule has 0 aromatic carbocycles. The molecule has 9 heteroatoms. The number of halogens is 1. The standard InChI is InChI=1S/C12H22N4S4.BrH/c1-7-13-9(3)19-11(17)15(7)5-6-16-8(2)14-10(4)20-12(16)18;/h7-10,13-14H,5-6H2,1-4H3;1H. The van der Waals surface area contributed by atoms with Crippen LogP contribution in [0, 0.1) is 0 Å². The van der Waals surface area contributed by atoms with Crippen LogP contribution in [-0.2, 0) is 0 Å². The van der Waals surface area contributed by atoms with Gasteiger partial charge in [-0.05, 0) is 27.7 Å². The normalized spacial score (nSPS) is 33.9. The molecule has 0 aliphatic carbocycles. The first-order chi connectivity index (χ1) is 9.38. The Morgan fingerprint density at radius 2 is 1.19 bits per heavy atom. The molecule has 2 N–H and O–H groups in total. The van der Waals surface area contributed by atoms with E-state index in [0.717, 1.165) is 21.7 Å². The van der Waals surface area contributed by atoms with Crippen LogP contribution in [0.5, 0.6) is 0 Å². The van der Waals surface area contributed by atoms with E-state index in [9.17, 15) is 0 Å². The van der Waals surface area contributed by atoms with Gasteiger partial charge < -0.3 is 9.80 Å². The quantitative estimate of drug-likeness (QED) is 0.660. The minimum atomic E-state index is 0. The molecule has 0 spiro atoms. The van der Waals surface area contributed by atoms with Gasteiger partial charge in [0.25, 0.3) is 0 Å². The maximum atomic E-state index is 5.50. The number of nitrogens with zero attached hydrogens (tertiary/aromatic N) is 2. The van der Waals surface area contributed by atoms with Crippen molar-refractivity contribution in [2.75, 3.05) is 13.1 Å². The number of rotatable bonds is 3. The second-order valence-electron chi connectivity index (χ2n) is 5.12. The molecule has 2 aliphatic rings. The van der Waals surface area contributed by atoms with E-state index in [4.69, 9.17) is 24.4 Å². The summed E-state index contributed by atoms with van der Waals surface area (Å²) in [5.41, 5.74) is 0. The van der Waals surface area contributed by atoms with Crippen LogP contribution in [0.4, 0.5) is 0 Å². The zero-order chi connectivity index (χ0) is 14.9. The van der Waals surface area contributed by atoms with E-state index < -0.39 is 0 Å². The van der Waals surface area contributed by atoms with Gasteiger partial charge in [-0.3, -0.25) is 10.6 Å². The van der Waals surface area contributed by atoms with Crippen LogP contribution < -0.4 is 10.6 Å². The molecule has 2 heterocycles. The van der Waals surface area contributed by atoms with E-state index in [1.807, 2.05) is 0 Å². The molecular formula is C12H23BrN4S4. The van der Waals surface area contributed by atoms with Gasteiger partial charge in [-0.25, -0.2) is 0 Å². The van der Waals surface area contributed by atoms with Gasteiger partial charge >= 0.3 is 0 Å². The minimum absolute atomic E-state index is 0. The van der Waals surface area contributed by atoms with Gasteiger partial charge in [0.05, 0.1) is 23.1 Å². The van der Waals surface area contributed by atoms with Crippen molar-refractivity contribution in [1.29, 1.82) is 0 Å². The van der Waals surface area contributed by atoms with Crippen LogP contribution in [0.25, 0.3) is 0 Å². The lowest BCUT2D eigenvalue weighted by Gasteiger charge is -2.43. The lowest BCUT2D eigenvalue weighted by atomic mass is 10.4. The van der Waals surface area contributed by atoms with Crippen molar-refractivity contribution in [3.05, 3.63) is 0 Å². The molecule has 21 heavy (non-hydrogen) atoms. The summed E-state index contributed by atoms with van der Waals surface area (Å²) in [6.45, 7) is 10.4. The molecule has 4 atom stereocenters. The molecule has 122 valence electrons. The monoisotopic (exact) mass is 430 g/mol. The van der Waals surface area contributed by atoms with Crippen LogP contribution in [0.3, 0.4) is 0 Å². The predicted octanol–water partition coefficient (Wildman–Crippen LogP) is 2.79. The highest BCUT2D eigenvalue weighted by Crippen LogP contribution is 2.24. The molecule has 2 aliphatic heterocycles. The predicted molar refractivity (Wildman–Crippen MR) is 108 cm³/mol. The average Bonchev–Trinajstić information content (AvgIpc) is 2.30. The lowest BCUT2D eigenvalue weighted by Crippen LogP contribution is -2.58. The Morgan fingerprint density at radius 3 is 1.48 bits per heavy atom. The largest absolute Gasteiger partial charge is 0.340 e. The number of nitrogens with one attached hydrogen (secondary N) is 2. The second kappa shape index (κ2) is 8.65. The second-order valence-corrected chi connectivity index (χ2v) is 9.07. The van der Waals surface area contributed by atoms with Crippen molar-refractivity contribution >= 4 is 73.6 Å². The number of hydrogen-bond acceptors (Lipinski definition) is 6. The summed E-state index contributed by atoms with van der Waals surface area (Å²) in [5, 5.41) is 7.79. The maximum Gasteiger partial charge on any atom is 0.139 e. The maximum absolute atomic E-state index is 5.50. The van der Waals surface area contributed by atoms with Crippen LogP contribution in [0.15, 0.2) is 0 Å². The summed E-state index contributed by atoms with van der Waals surface area (Å²) in [6.07, 6.45) is 0.568.